The fraction of sp³-hybridized carbons (Fsp3) is 0.0870. The Labute approximate surface area is 191 Å². The first-order chi connectivity index (χ1) is 14.4. The van der Waals surface area contributed by atoms with E-state index in [-0.39, 0.29) is 17.8 Å². The molecule has 1 aromatic heterocycles. The first kappa shape index (κ1) is 20.8. The Bertz CT molecular complexity index is 1300. The van der Waals surface area contributed by atoms with Crippen LogP contribution in [0.3, 0.4) is 0 Å². The highest BCUT2D eigenvalue weighted by Crippen LogP contribution is 2.31. The summed E-state index contributed by atoms with van der Waals surface area (Å²) in [5.74, 6) is 1.61. The summed E-state index contributed by atoms with van der Waals surface area (Å²) in [5.41, 5.74) is 0.962. The topological polar surface area (TPSA) is 48.7 Å². The second-order valence-electron chi connectivity index (χ2n) is 6.53. The van der Waals surface area contributed by atoms with Crippen molar-refractivity contribution in [3.8, 4) is 17.2 Å². The lowest BCUT2D eigenvalue weighted by Crippen LogP contribution is -2.07. The van der Waals surface area contributed by atoms with Gasteiger partial charge in [-0.3, -0.25) is 4.79 Å². The molecule has 0 atom stereocenters. The fourth-order valence-electron chi connectivity index (χ4n) is 2.91. The number of halogens is 3. The molecule has 0 aliphatic heterocycles. The highest BCUT2D eigenvalue weighted by Gasteiger charge is 2.15. The van der Waals surface area contributed by atoms with Crippen LogP contribution in [0.5, 0.6) is 17.2 Å². The van der Waals surface area contributed by atoms with Gasteiger partial charge in [-0.05, 0) is 59.3 Å². The fourth-order valence-corrected chi connectivity index (χ4v) is 3.74. The molecular formula is C23H15BrCl2O4. The molecule has 4 rings (SSSR count). The van der Waals surface area contributed by atoms with Gasteiger partial charge in [0.1, 0.15) is 29.4 Å². The zero-order chi connectivity index (χ0) is 21.3. The molecule has 4 nitrogen and oxygen atoms in total. The van der Waals surface area contributed by atoms with Crippen LogP contribution in [-0.4, -0.2) is 0 Å². The average Bonchev–Trinajstić information content (AvgIpc) is 2.71. The predicted octanol–water partition coefficient (Wildman–Crippen LogP) is 7.54. The molecule has 7 heteroatoms. The SMILES string of the molecule is Cc1oc2cc(OCc3ccc(Cl)cc3Cl)ccc2c(=O)c1Oc1ccccc1Br. The zero-order valence-corrected chi connectivity index (χ0v) is 18.8. The molecule has 0 saturated heterocycles. The van der Waals surface area contributed by atoms with Crippen molar-refractivity contribution in [2.75, 3.05) is 0 Å². The summed E-state index contributed by atoms with van der Waals surface area (Å²) < 4.78 is 18.2. The van der Waals surface area contributed by atoms with Crippen molar-refractivity contribution in [3.63, 3.8) is 0 Å². The molecule has 0 aliphatic rings. The normalized spacial score (nSPS) is 10.9. The van der Waals surface area contributed by atoms with Crippen molar-refractivity contribution < 1.29 is 13.9 Å². The maximum absolute atomic E-state index is 13.0. The summed E-state index contributed by atoms with van der Waals surface area (Å²) >= 11 is 15.5. The number of benzene rings is 3. The zero-order valence-electron chi connectivity index (χ0n) is 15.7. The lowest BCUT2D eigenvalue weighted by Gasteiger charge is -2.11. The molecule has 3 aromatic carbocycles. The number of hydrogen-bond acceptors (Lipinski definition) is 4. The van der Waals surface area contributed by atoms with Gasteiger partial charge in [0.15, 0.2) is 0 Å². The van der Waals surface area contributed by atoms with Crippen LogP contribution in [0.15, 0.2) is 74.3 Å². The van der Waals surface area contributed by atoms with Crippen LogP contribution >= 0.6 is 39.1 Å². The van der Waals surface area contributed by atoms with Gasteiger partial charge in [-0.25, -0.2) is 0 Å². The maximum atomic E-state index is 13.0. The third-order valence-corrected chi connectivity index (χ3v) is 5.69. The van der Waals surface area contributed by atoms with Crippen molar-refractivity contribution >= 4 is 50.1 Å². The van der Waals surface area contributed by atoms with Crippen LogP contribution in [0.4, 0.5) is 0 Å². The van der Waals surface area contributed by atoms with Gasteiger partial charge < -0.3 is 13.9 Å². The summed E-state index contributed by atoms with van der Waals surface area (Å²) in [6.45, 7) is 1.95. The first-order valence-electron chi connectivity index (χ1n) is 8.99. The Morgan fingerprint density at radius 2 is 1.83 bits per heavy atom. The molecule has 0 amide bonds. The molecule has 0 bridgehead atoms. The third kappa shape index (κ3) is 4.33. The number of hydrogen-bond donors (Lipinski definition) is 0. The van der Waals surface area contributed by atoms with Gasteiger partial charge in [0, 0.05) is 21.7 Å². The molecule has 4 aromatic rings. The van der Waals surface area contributed by atoms with E-state index < -0.39 is 0 Å². The van der Waals surface area contributed by atoms with Gasteiger partial charge in [-0.1, -0.05) is 41.4 Å². The third-order valence-electron chi connectivity index (χ3n) is 4.44. The van der Waals surface area contributed by atoms with E-state index in [1.807, 2.05) is 18.2 Å². The molecule has 0 fully saturated rings. The van der Waals surface area contributed by atoms with E-state index in [2.05, 4.69) is 15.9 Å². The number of ether oxygens (including phenoxy) is 2. The van der Waals surface area contributed by atoms with Crippen LogP contribution in [0.2, 0.25) is 10.0 Å². The minimum Gasteiger partial charge on any atom is -0.489 e. The van der Waals surface area contributed by atoms with E-state index >= 15 is 0 Å². The summed E-state index contributed by atoms with van der Waals surface area (Å²) in [4.78, 5) is 13.0. The molecule has 0 unspecified atom stereocenters. The summed E-state index contributed by atoms with van der Waals surface area (Å²) in [6.07, 6.45) is 0. The Morgan fingerprint density at radius 3 is 2.60 bits per heavy atom. The number of para-hydroxylation sites is 1. The molecule has 0 radical (unpaired) electrons. The van der Waals surface area contributed by atoms with E-state index in [4.69, 9.17) is 37.1 Å². The number of aryl methyl sites for hydroxylation is 1. The predicted molar refractivity (Wildman–Crippen MR) is 122 cm³/mol. The maximum Gasteiger partial charge on any atom is 0.235 e. The van der Waals surface area contributed by atoms with Crippen LogP contribution in [-0.2, 0) is 6.61 Å². The second kappa shape index (κ2) is 8.72. The quantitative estimate of drug-likeness (QED) is 0.281. The Hall–Kier alpha value is -2.47. The van der Waals surface area contributed by atoms with Gasteiger partial charge in [0.25, 0.3) is 0 Å². The first-order valence-corrected chi connectivity index (χ1v) is 10.5. The van der Waals surface area contributed by atoms with Gasteiger partial charge in [-0.15, -0.1) is 0 Å². The number of rotatable bonds is 5. The number of fused-ring (bicyclic) bond motifs is 1. The lowest BCUT2D eigenvalue weighted by atomic mass is 10.2. The summed E-state index contributed by atoms with van der Waals surface area (Å²) in [6, 6.07) is 17.6. The summed E-state index contributed by atoms with van der Waals surface area (Å²) in [5, 5.41) is 1.49. The minimum atomic E-state index is -0.253. The smallest absolute Gasteiger partial charge is 0.235 e. The van der Waals surface area contributed by atoms with E-state index in [9.17, 15) is 4.79 Å². The largest absolute Gasteiger partial charge is 0.489 e. The van der Waals surface area contributed by atoms with Crippen LogP contribution in [0.25, 0.3) is 11.0 Å². The van der Waals surface area contributed by atoms with Gasteiger partial charge in [0.05, 0.1) is 9.86 Å². The van der Waals surface area contributed by atoms with Gasteiger partial charge in [0.2, 0.25) is 11.2 Å². The Balaban J connectivity index is 1.62. The van der Waals surface area contributed by atoms with Gasteiger partial charge in [-0.2, -0.15) is 0 Å². The van der Waals surface area contributed by atoms with Crippen molar-refractivity contribution in [3.05, 3.63) is 96.7 Å². The molecular weight excluding hydrogens is 491 g/mol. The van der Waals surface area contributed by atoms with Crippen LogP contribution in [0.1, 0.15) is 11.3 Å². The van der Waals surface area contributed by atoms with E-state index in [0.717, 1.165) is 10.0 Å². The average molecular weight is 506 g/mol. The Morgan fingerprint density at radius 1 is 1.03 bits per heavy atom. The Kier molecular flexibility index (Phi) is 6.04. The van der Waals surface area contributed by atoms with Crippen molar-refractivity contribution in [1.29, 1.82) is 0 Å². The molecule has 0 saturated carbocycles. The molecule has 0 aliphatic carbocycles. The molecule has 0 N–H and O–H groups in total. The second-order valence-corrected chi connectivity index (χ2v) is 8.23. The molecule has 0 spiro atoms. The van der Waals surface area contributed by atoms with Gasteiger partial charge >= 0.3 is 0 Å². The van der Waals surface area contributed by atoms with E-state index in [0.29, 0.717) is 38.3 Å². The van der Waals surface area contributed by atoms with Crippen molar-refractivity contribution in [2.24, 2.45) is 0 Å². The van der Waals surface area contributed by atoms with E-state index in [1.165, 1.54) is 0 Å². The lowest BCUT2D eigenvalue weighted by molar-refractivity contribution is 0.306. The standard InChI is InChI=1S/C23H15BrCl2O4/c1-13-23(30-20-5-3-2-4-18(20)24)22(27)17-9-8-16(11-21(17)29-13)28-12-14-6-7-15(25)10-19(14)26/h2-11H,12H2,1H3. The van der Waals surface area contributed by atoms with Crippen LogP contribution in [0, 0.1) is 6.92 Å². The highest BCUT2D eigenvalue weighted by atomic mass is 79.9. The monoisotopic (exact) mass is 504 g/mol. The molecule has 152 valence electrons. The van der Waals surface area contributed by atoms with Crippen molar-refractivity contribution in [2.45, 2.75) is 13.5 Å². The molecule has 1 heterocycles. The van der Waals surface area contributed by atoms with Crippen molar-refractivity contribution in [1.82, 2.24) is 0 Å². The minimum absolute atomic E-state index is 0.149. The molecule has 30 heavy (non-hydrogen) atoms. The van der Waals surface area contributed by atoms with Crippen LogP contribution < -0.4 is 14.9 Å². The highest BCUT2D eigenvalue weighted by molar-refractivity contribution is 9.10. The van der Waals surface area contributed by atoms with E-state index in [1.54, 1.807) is 49.4 Å². The summed E-state index contributed by atoms with van der Waals surface area (Å²) in [7, 11) is 0.